The molecule has 2 saturated carbocycles. The van der Waals surface area contributed by atoms with Crippen molar-refractivity contribution in [1.82, 2.24) is 0 Å². The normalized spacial score (nSPS) is 29.3. The molecule has 0 unspecified atom stereocenters. The third-order valence-electron chi connectivity index (χ3n) is 5.52. The molecule has 110 valence electrons. The molecular formula is C18H32O. The minimum Gasteiger partial charge on any atom is -0.299 e. The Morgan fingerprint density at radius 3 is 2.11 bits per heavy atom. The Morgan fingerprint density at radius 1 is 0.842 bits per heavy atom. The third-order valence-corrected chi connectivity index (χ3v) is 5.52. The SMILES string of the molecule is CCCC1CCC(C(=O)CCC2CCCCC2)CC1. The van der Waals surface area contributed by atoms with Crippen molar-refractivity contribution < 1.29 is 4.79 Å². The second kappa shape index (κ2) is 8.07. The van der Waals surface area contributed by atoms with Gasteiger partial charge in [0.1, 0.15) is 5.78 Å². The molecule has 0 aromatic carbocycles. The van der Waals surface area contributed by atoms with Crippen molar-refractivity contribution in [2.75, 3.05) is 0 Å². The van der Waals surface area contributed by atoms with E-state index in [9.17, 15) is 4.79 Å². The van der Waals surface area contributed by atoms with Crippen LogP contribution in [0.25, 0.3) is 0 Å². The molecule has 1 nitrogen and oxygen atoms in total. The summed E-state index contributed by atoms with van der Waals surface area (Å²) in [4.78, 5) is 12.3. The Bertz CT molecular complexity index is 257. The number of carbonyl (C=O) groups is 1. The van der Waals surface area contributed by atoms with Gasteiger partial charge >= 0.3 is 0 Å². The molecule has 0 spiro atoms. The van der Waals surface area contributed by atoms with Crippen molar-refractivity contribution in [2.24, 2.45) is 17.8 Å². The van der Waals surface area contributed by atoms with Crippen LogP contribution in [0.2, 0.25) is 0 Å². The van der Waals surface area contributed by atoms with Gasteiger partial charge in [-0.3, -0.25) is 4.79 Å². The predicted octanol–water partition coefficient (Wildman–Crippen LogP) is 5.52. The Balaban J connectivity index is 1.63. The van der Waals surface area contributed by atoms with Crippen LogP contribution < -0.4 is 0 Å². The van der Waals surface area contributed by atoms with Crippen LogP contribution >= 0.6 is 0 Å². The Morgan fingerprint density at radius 2 is 1.47 bits per heavy atom. The number of rotatable bonds is 6. The van der Waals surface area contributed by atoms with Gasteiger partial charge in [-0.05, 0) is 43.9 Å². The van der Waals surface area contributed by atoms with Crippen molar-refractivity contribution in [2.45, 2.75) is 90.4 Å². The molecule has 0 radical (unpaired) electrons. The zero-order chi connectivity index (χ0) is 13.5. The molecule has 2 aliphatic carbocycles. The fourth-order valence-corrected chi connectivity index (χ4v) is 4.21. The first kappa shape index (κ1) is 15.1. The van der Waals surface area contributed by atoms with Crippen LogP contribution in [0.5, 0.6) is 0 Å². The van der Waals surface area contributed by atoms with Crippen LogP contribution in [0.3, 0.4) is 0 Å². The average molecular weight is 264 g/mol. The minimum atomic E-state index is 0.427. The van der Waals surface area contributed by atoms with E-state index in [4.69, 9.17) is 0 Å². The van der Waals surface area contributed by atoms with E-state index in [0.29, 0.717) is 11.7 Å². The lowest BCUT2D eigenvalue weighted by atomic mass is 9.77. The first-order chi connectivity index (χ1) is 9.29. The van der Waals surface area contributed by atoms with E-state index in [1.807, 2.05) is 0 Å². The van der Waals surface area contributed by atoms with Gasteiger partial charge in [-0.2, -0.15) is 0 Å². The summed E-state index contributed by atoms with van der Waals surface area (Å²) >= 11 is 0. The Kier molecular flexibility index (Phi) is 6.40. The highest BCUT2D eigenvalue weighted by molar-refractivity contribution is 5.81. The van der Waals surface area contributed by atoms with Crippen molar-refractivity contribution in [3.05, 3.63) is 0 Å². The monoisotopic (exact) mass is 264 g/mol. The summed E-state index contributed by atoms with van der Waals surface area (Å²) in [6.07, 6.45) is 16.8. The predicted molar refractivity (Wildman–Crippen MR) is 81.2 cm³/mol. The molecule has 0 bridgehead atoms. The molecule has 0 heterocycles. The van der Waals surface area contributed by atoms with Crippen molar-refractivity contribution in [3.8, 4) is 0 Å². The fraction of sp³-hybridized carbons (Fsp3) is 0.944. The molecule has 19 heavy (non-hydrogen) atoms. The van der Waals surface area contributed by atoms with Gasteiger partial charge < -0.3 is 0 Å². The summed E-state index contributed by atoms with van der Waals surface area (Å²) in [5.41, 5.74) is 0. The van der Waals surface area contributed by atoms with Crippen LogP contribution in [-0.4, -0.2) is 5.78 Å². The largest absolute Gasteiger partial charge is 0.299 e. The van der Waals surface area contributed by atoms with Crippen molar-refractivity contribution >= 4 is 5.78 Å². The summed E-state index contributed by atoms with van der Waals surface area (Å²) in [5, 5.41) is 0. The molecule has 0 aromatic heterocycles. The van der Waals surface area contributed by atoms with E-state index in [1.165, 1.54) is 77.0 Å². The third kappa shape index (κ3) is 4.93. The van der Waals surface area contributed by atoms with Crippen molar-refractivity contribution in [1.29, 1.82) is 0 Å². The zero-order valence-electron chi connectivity index (χ0n) is 12.8. The quantitative estimate of drug-likeness (QED) is 0.617. The van der Waals surface area contributed by atoms with Crippen LogP contribution in [0.15, 0.2) is 0 Å². The van der Waals surface area contributed by atoms with Gasteiger partial charge in [0.15, 0.2) is 0 Å². The van der Waals surface area contributed by atoms with E-state index < -0.39 is 0 Å². The van der Waals surface area contributed by atoms with Crippen LogP contribution in [0.1, 0.15) is 90.4 Å². The lowest BCUT2D eigenvalue weighted by molar-refractivity contribution is -0.124. The lowest BCUT2D eigenvalue weighted by Crippen LogP contribution is -2.22. The van der Waals surface area contributed by atoms with Gasteiger partial charge in [0.05, 0.1) is 0 Å². The summed E-state index contributed by atoms with van der Waals surface area (Å²) in [5.74, 6) is 2.82. The second-order valence-corrected chi connectivity index (χ2v) is 7.02. The molecule has 0 amide bonds. The maximum absolute atomic E-state index is 12.3. The van der Waals surface area contributed by atoms with Crippen molar-refractivity contribution in [3.63, 3.8) is 0 Å². The summed E-state index contributed by atoms with van der Waals surface area (Å²) in [7, 11) is 0. The highest BCUT2D eigenvalue weighted by atomic mass is 16.1. The summed E-state index contributed by atoms with van der Waals surface area (Å²) < 4.78 is 0. The lowest BCUT2D eigenvalue weighted by Gasteiger charge is -2.28. The Hall–Kier alpha value is -0.330. The minimum absolute atomic E-state index is 0.427. The van der Waals surface area contributed by atoms with Crippen LogP contribution in [-0.2, 0) is 4.79 Å². The van der Waals surface area contributed by atoms with Crippen LogP contribution in [0.4, 0.5) is 0 Å². The number of hydrogen-bond donors (Lipinski definition) is 0. The van der Waals surface area contributed by atoms with E-state index in [-0.39, 0.29) is 0 Å². The first-order valence-corrected chi connectivity index (χ1v) is 8.82. The topological polar surface area (TPSA) is 17.1 Å². The maximum atomic E-state index is 12.3. The molecule has 0 aliphatic heterocycles. The highest BCUT2D eigenvalue weighted by Crippen LogP contribution is 2.34. The first-order valence-electron chi connectivity index (χ1n) is 8.82. The number of hydrogen-bond acceptors (Lipinski definition) is 1. The molecule has 0 aromatic rings. The van der Waals surface area contributed by atoms with E-state index in [1.54, 1.807) is 0 Å². The second-order valence-electron chi connectivity index (χ2n) is 7.02. The molecule has 2 rings (SSSR count). The number of ketones is 1. The molecule has 0 saturated heterocycles. The summed E-state index contributed by atoms with van der Waals surface area (Å²) in [6, 6.07) is 0. The molecule has 1 heteroatoms. The molecule has 0 atom stereocenters. The van der Waals surface area contributed by atoms with Crippen LogP contribution in [0, 0.1) is 17.8 Å². The van der Waals surface area contributed by atoms with Gasteiger partial charge in [0.25, 0.3) is 0 Å². The van der Waals surface area contributed by atoms with E-state index in [2.05, 4.69) is 6.92 Å². The van der Waals surface area contributed by atoms with Gasteiger partial charge in [0.2, 0.25) is 0 Å². The molecule has 2 aliphatic rings. The molecule has 0 N–H and O–H groups in total. The van der Waals surface area contributed by atoms with E-state index in [0.717, 1.165) is 18.3 Å². The Labute approximate surface area is 119 Å². The highest BCUT2D eigenvalue weighted by Gasteiger charge is 2.26. The van der Waals surface area contributed by atoms with E-state index >= 15 is 0 Å². The standard InChI is InChI=1S/C18H32O/c1-2-6-15-9-12-17(13-10-15)18(19)14-11-16-7-4-3-5-8-16/h15-17H,2-14H2,1H3. The number of carbonyl (C=O) groups excluding carboxylic acids is 1. The number of Topliss-reactive ketones (excluding diaryl/α,β-unsaturated/α-hetero) is 1. The fourth-order valence-electron chi connectivity index (χ4n) is 4.21. The van der Waals surface area contributed by atoms with Gasteiger partial charge in [-0.1, -0.05) is 51.9 Å². The average Bonchev–Trinajstić information content (AvgIpc) is 2.47. The molecular weight excluding hydrogens is 232 g/mol. The smallest absolute Gasteiger partial charge is 0.135 e. The maximum Gasteiger partial charge on any atom is 0.135 e. The molecule has 2 fully saturated rings. The van der Waals surface area contributed by atoms with Gasteiger partial charge in [-0.15, -0.1) is 0 Å². The summed E-state index contributed by atoms with van der Waals surface area (Å²) in [6.45, 7) is 2.28. The van der Waals surface area contributed by atoms with Gasteiger partial charge in [-0.25, -0.2) is 0 Å². The zero-order valence-corrected chi connectivity index (χ0v) is 12.8. The van der Waals surface area contributed by atoms with Gasteiger partial charge in [0, 0.05) is 12.3 Å².